The number of carbonyl (C=O) groups is 1. The van der Waals surface area contributed by atoms with Crippen molar-refractivity contribution in [2.24, 2.45) is 0 Å². The van der Waals surface area contributed by atoms with Gasteiger partial charge >= 0.3 is 0 Å². The molecule has 84 valence electrons. The summed E-state index contributed by atoms with van der Waals surface area (Å²) in [7, 11) is 0. The summed E-state index contributed by atoms with van der Waals surface area (Å²) in [5.41, 5.74) is 3.66. The van der Waals surface area contributed by atoms with E-state index in [0.717, 1.165) is 5.56 Å². The molecule has 2 rings (SSSR count). The molecule has 1 aliphatic heterocycles. The Bertz CT molecular complexity index is 440. The molecule has 0 aliphatic carbocycles. The summed E-state index contributed by atoms with van der Waals surface area (Å²) in [4.78, 5) is 13.2. The van der Waals surface area contributed by atoms with Crippen LogP contribution in [0, 0.1) is 13.8 Å². The highest BCUT2D eigenvalue weighted by Gasteiger charge is 2.26. The third-order valence-corrected chi connectivity index (χ3v) is 4.19. The van der Waals surface area contributed by atoms with Crippen LogP contribution in [-0.2, 0) is 11.3 Å². The third kappa shape index (κ3) is 2.28. The minimum atomic E-state index is 0.119. The first kappa shape index (κ1) is 11.6. The maximum Gasteiger partial charge on any atom is 0.238 e. The summed E-state index contributed by atoms with van der Waals surface area (Å²) >= 11 is 6.59. The quantitative estimate of drug-likeness (QED) is 0.754. The van der Waals surface area contributed by atoms with Crippen molar-refractivity contribution in [3.05, 3.63) is 34.9 Å². The molecule has 0 unspecified atom stereocenters. The van der Waals surface area contributed by atoms with Crippen molar-refractivity contribution in [2.75, 3.05) is 5.75 Å². The number of thiocarbonyl (C=S) groups is 1. The topological polar surface area (TPSA) is 20.3 Å². The molecule has 0 radical (unpaired) electrons. The van der Waals surface area contributed by atoms with Crippen LogP contribution in [0.3, 0.4) is 0 Å². The molecule has 1 heterocycles. The molecule has 1 fully saturated rings. The SMILES string of the molecule is Cc1ccc(CN2C(=O)CSC2=S)cc1C. The minimum Gasteiger partial charge on any atom is -0.293 e. The molecule has 16 heavy (non-hydrogen) atoms. The van der Waals surface area contributed by atoms with Gasteiger partial charge in [0, 0.05) is 0 Å². The third-order valence-electron chi connectivity index (χ3n) is 2.75. The van der Waals surface area contributed by atoms with E-state index >= 15 is 0 Å². The number of amides is 1. The van der Waals surface area contributed by atoms with Gasteiger partial charge in [0.15, 0.2) is 0 Å². The van der Waals surface area contributed by atoms with E-state index in [1.165, 1.54) is 22.9 Å². The summed E-state index contributed by atoms with van der Waals surface area (Å²) in [6, 6.07) is 6.26. The van der Waals surface area contributed by atoms with Crippen LogP contribution in [0.15, 0.2) is 18.2 Å². The lowest BCUT2D eigenvalue weighted by atomic mass is 10.1. The average Bonchev–Trinajstić information content (AvgIpc) is 2.55. The molecule has 0 spiro atoms. The lowest BCUT2D eigenvalue weighted by Crippen LogP contribution is -2.27. The van der Waals surface area contributed by atoms with Gasteiger partial charge in [-0.3, -0.25) is 9.69 Å². The van der Waals surface area contributed by atoms with E-state index in [-0.39, 0.29) is 5.91 Å². The fraction of sp³-hybridized carbons (Fsp3) is 0.333. The van der Waals surface area contributed by atoms with Crippen LogP contribution in [0.5, 0.6) is 0 Å². The van der Waals surface area contributed by atoms with Crippen molar-refractivity contribution in [3.8, 4) is 0 Å². The molecule has 0 bridgehead atoms. The number of nitrogens with zero attached hydrogens (tertiary/aromatic N) is 1. The van der Waals surface area contributed by atoms with Gasteiger partial charge in [0.2, 0.25) is 5.91 Å². The largest absolute Gasteiger partial charge is 0.293 e. The zero-order valence-electron chi connectivity index (χ0n) is 9.32. The van der Waals surface area contributed by atoms with E-state index in [0.29, 0.717) is 16.6 Å². The summed E-state index contributed by atoms with van der Waals surface area (Å²) in [6.07, 6.45) is 0. The summed E-state index contributed by atoms with van der Waals surface area (Å²) in [6.45, 7) is 4.77. The Morgan fingerprint density at radius 1 is 1.38 bits per heavy atom. The molecule has 1 aromatic carbocycles. The number of hydrogen-bond acceptors (Lipinski definition) is 3. The predicted molar refractivity (Wildman–Crippen MR) is 71.5 cm³/mol. The van der Waals surface area contributed by atoms with E-state index in [1.807, 2.05) is 0 Å². The van der Waals surface area contributed by atoms with E-state index in [4.69, 9.17) is 12.2 Å². The van der Waals surface area contributed by atoms with Crippen LogP contribution in [0.25, 0.3) is 0 Å². The first-order chi connectivity index (χ1) is 7.58. The second-order valence-corrected chi connectivity index (χ2v) is 5.56. The molecule has 1 amide bonds. The Morgan fingerprint density at radius 3 is 2.69 bits per heavy atom. The second kappa shape index (κ2) is 4.55. The van der Waals surface area contributed by atoms with Crippen LogP contribution in [0.4, 0.5) is 0 Å². The van der Waals surface area contributed by atoms with Crippen molar-refractivity contribution >= 4 is 34.2 Å². The van der Waals surface area contributed by atoms with Crippen LogP contribution in [-0.4, -0.2) is 20.9 Å². The second-order valence-electron chi connectivity index (χ2n) is 3.95. The minimum absolute atomic E-state index is 0.119. The standard InChI is InChI=1S/C12H13NOS2/c1-8-3-4-10(5-9(8)2)6-13-11(14)7-16-12(13)15/h3-5H,6-7H2,1-2H3. The molecule has 0 aromatic heterocycles. The number of thioether (sulfide) groups is 1. The number of benzene rings is 1. The van der Waals surface area contributed by atoms with Gasteiger partial charge in [-0.25, -0.2) is 0 Å². The zero-order valence-corrected chi connectivity index (χ0v) is 11.0. The van der Waals surface area contributed by atoms with Gasteiger partial charge in [-0.15, -0.1) is 0 Å². The lowest BCUT2D eigenvalue weighted by Gasteiger charge is -2.15. The van der Waals surface area contributed by atoms with Crippen molar-refractivity contribution in [2.45, 2.75) is 20.4 Å². The smallest absolute Gasteiger partial charge is 0.238 e. The number of aryl methyl sites for hydroxylation is 2. The number of hydrogen-bond donors (Lipinski definition) is 0. The maximum atomic E-state index is 11.6. The van der Waals surface area contributed by atoms with Crippen LogP contribution in [0.1, 0.15) is 16.7 Å². The Morgan fingerprint density at radius 2 is 2.12 bits per heavy atom. The summed E-state index contributed by atoms with van der Waals surface area (Å²) in [5.74, 6) is 0.608. The van der Waals surface area contributed by atoms with Crippen molar-refractivity contribution < 1.29 is 4.79 Å². The van der Waals surface area contributed by atoms with E-state index < -0.39 is 0 Å². The molecular weight excluding hydrogens is 238 g/mol. The first-order valence-corrected chi connectivity index (χ1v) is 6.50. The highest BCUT2D eigenvalue weighted by Crippen LogP contribution is 2.22. The molecule has 1 saturated heterocycles. The maximum absolute atomic E-state index is 11.6. The van der Waals surface area contributed by atoms with Crippen LogP contribution < -0.4 is 0 Å². The average molecular weight is 251 g/mol. The van der Waals surface area contributed by atoms with Gasteiger partial charge in [0.25, 0.3) is 0 Å². The van der Waals surface area contributed by atoms with Gasteiger partial charge in [-0.2, -0.15) is 0 Å². The Kier molecular flexibility index (Phi) is 3.30. The van der Waals surface area contributed by atoms with Gasteiger partial charge in [-0.1, -0.05) is 42.2 Å². The first-order valence-electron chi connectivity index (χ1n) is 5.11. The zero-order chi connectivity index (χ0) is 11.7. The van der Waals surface area contributed by atoms with Gasteiger partial charge < -0.3 is 0 Å². The van der Waals surface area contributed by atoms with Gasteiger partial charge in [-0.05, 0) is 30.5 Å². The van der Waals surface area contributed by atoms with Gasteiger partial charge in [0.1, 0.15) is 4.32 Å². The number of rotatable bonds is 2. The number of carbonyl (C=O) groups excluding carboxylic acids is 1. The molecule has 0 atom stereocenters. The molecule has 1 aliphatic rings. The Labute approximate surface area is 105 Å². The molecule has 1 aromatic rings. The fourth-order valence-corrected chi connectivity index (χ4v) is 2.69. The lowest BCUT2D eigenvalue weighted by molar-refractivity contribution is -0.124. The molecule has 4 heteroatoms. The van der Waals surface area contributed by atoms with Gasteiger partial charge in [0.05, 0.1) is 12.3 Å². The van der Waals surface area contributed by atoms with Crippen LogP contribution in [0.2, 0.25) is 0 Å². The fourth-order valence-electron chi connectivity index (χ4n) is 1.62. The highest BCUT2D eigenvalue weighted by atomic mass is 32.2. The molecule has 2 nitrogen and oxygen atoms in total. The molecular formula is C12H13NOS2. The van der Waals surface area contributed by atoms with E-state index in [2.05, 4.69) is 32.0 Å². The van der Waals surface area contributed by atoms with Crippen molar-refractivity contribution in [3.63, 3.8) is 0 Å². The predicted octanol–water partition coefficient (Wildman–Crippen LogP) is 2.66. The van der Waals surface area contributed by atoms with Crippen molar-refractivity contribution in [1.29, 1.82) is 0 Å². The Hall–Kier alpha value is -0.870. The summed E-state index contributed by atoms with van der Waals surface area (Å²) < 4.78 is 0.697. The highest BCUT2D eigenvalue weighted by molar-refractivity contribution is 8.23. The van der Waals surface area contributed by atoms with E-state index in [9.17, 15) is 4.79 Å². The monoisotopic (exact) mass is 251 g/mol. The Balaban J connectivity index is 2.17. The molecule has 0 saturated carbocycles. The van der Waals surface area contributed by atoms with Crippen LogP contribution >= 0.6 is 24.0 Å². The van der Waals surface area contributed by atoms with Crippen molar-refractivity contribution in [1.82, 2.24) is 4.90 Å². The molecule has 0 N–H and O–H groups in total. The summed E-state index contributed by atoms with van der Waals surface area (Å²) in [5, 5.41) is 0. The normalized spacial score (nSPS) is 16.0. The van der Waals surface area contributed by atoms with E-state index in [1.54, 1.807) is 4.90 Å².